The molecule has 0 aliphatic carbocycles. The van der Waals surface area contributed by atoms with Gasteiger partial charge in [0.05, 0.1) is 0 Å². The zero-order valence-electron chi connectivity index (χ0n) is 18.6. The van der Waals surface area contributed by atoms with Gasteiger partial charge in [0.1, 0.15) is 17.4 Å². The lowest BCUT2D eigenvalue weighted by Crippen LogP contribution is -2.46. The molecular formula is C21H35NO5Si. The quantitative estimate of drug-likeness (QED) is 0.674. The van der Waals surface area contributed by atoms with E-state index in [0.29, 0.717) is 0 Å². The SMILES string of the molecule is CN(C(=O)OC(C)(C)C)C(Cc1ccc(O[Si](C)(C)C(C)(C)C)cc1)C(=O)O. The molecule has 7 heteroatoms. The van der Waals surface area contributed by atoms with Gasteiger partial charge in [0, 0.05) is 13.5 Å². The number of carbonyl (C=O) groups excluding carboxylic acids is 1. The van der Waals surface area contributed by atoms with Crippen LogP contribution in [0.3, 0.4) is 0 Å². The van der Waals surface area contributed by atoms with Crippen molar-refractivity contribution < 1.29 is 23.9 Å². The van der Waals surface area contributed by atoms with Crippen molar-refractivity contribution in [1.29, 1.82) is 0 Å². The zero-order valence-corrected chi connectivity index (χ0v) is 19.6. The predicted molar refractivity (Wildman–Crippen MR) is 113 cm³/mol. The minimum atomic E-state index is -1.93. The second-order valence-electron chi connectivity index (χ2n) is 9.66. The lowest BCUT2D eigenvalue weighted by Gasteiger charge is -2.36. The average molecular weight is 410 g/mol. The first kappa shape index (κ1) is 24.0. The number of likely N-dealkylation sites (N-methyl/N-ethyl adjacent to an activating group) is 1. The second-order valence-corrected chi connectivity index (χ2v) is 14.4. The summed E-state index contributed by atoms with van der Waals surface area (Å²) in [5.41, 5.74) is 0.127. The minimum absolute atomic E-state index is 0.0935. The summed E-state index contributed by atoms with van der Waals surface area (Å²) < 4.78 is 11.5. The van der Waals surface area contributed by atoms with E-state index in [4.69, 9.17) is 9.16 Å². The van der Waals surface area contributed by atoms with Crippen LogP contribution in [0.2, 0.25) is 18.1 Å². The lowest BCUT2D eigenvalue weighted by atomic mass is 10.1. The highest BCUT2D eigenvalue weighted by atomic mass is 28.4. The molecule has 0 fully saturated rings. The molecule has 0 bridgehead atoms. The van der Waals surface area contributed by atoms with Crippen LogP contribution in [-0.4, -0.2) is 49.1 Å². The molecule has 0 saturated carbocycles. The second kappa shape index (κ2) is 8.55. The fourth-order valence-corrected chi connectivity index (χ4v) is 3.25. The Morgan fingerprint density at radius 3 is 1.96 bits per heavy atom. The number of carbonyl (C=O) groups is 2. The molecule has 0 aliphatic rings. The molecule has 1 aromatic rings. The monoisotopic (exact) mass is 409 g/mol. The van der Waals surface area contributed by atoms with Gasteiger partial charge in [0.25, 0.3) is 0 Å². The molecule has 0 radical (unpaired) electrons. The van der Waals surface area contributed by atoms with Gasteiger partial charge in [-0.15, -0.1) is 0 Å². The molecule has 28 heavy (non-hydrogen) atoms. The average Bonchev–Trinajstić information content (AvgIpc) is 2.50. The maximum atomic E-state index is 12.2. The highest BCUT2D eigenvalue weighted by Crippen LogP contribution is 2.37. The molecule has 0 saturated heterocycles. The molecule has 0 heterocycles. The summed E-state index contributed by atoms with van der Waals surface area (Å²) >= 11 is 0. The van der Waals surface area contributed by atoms with Crippen LogP contribution >= 0.6 is 0 Å². The van der Waals surface area contributed by atoms with Gasteiger partial charge in [-0.1, -0.05) is 32.9 Å². The smallest absolute Gasteiger partial charge is 0.410 e. The number of carboxylic acids is 1. The van der Waals surface area contributed by atoms with Crippen LogP contribution in [0.25, 0.3) is 0 Å². The van der Waals surface area contributed by atoms with Gasteiger partial charge >= 0.3 is 12.1 Å². The molecule has 1 unspecified atom stereocenters. The summed E-state index contributed by atoms with van der Waals surface area (Å²) in [6, 6.07) is 6.41. The third kappa shape index (κ3) is 6.85. The first-order valence-electron chi connectivity index (χ1n) is 9.50. The fourth-order valence-electron chi connectivity index (χ4n) is 2.22. The third-order valence-electron chi connectivity index (χ3n) is 4.97. The van der Waals surface area contributed by atoms with E-state index in [1.807, 2.05) is 24.3 Å². The van der Waals surface area contributed by atoms with Crippen LogP contribution in [0.4, 0.5) is 4.79 Å². The molecular weight excluding hydrogens is 374 g/mol. The number of rotatable bonds is 6. The van der Waals surface area contributed by atoms with Gasteiger partial charge in [-0.05, 0) is 56.6 Å². The van der Waals surface area contributed by atoms with E-state index in [0.717, 1.165) is 16.2 Å². The van der Waals surface area contributed by atoms with E-state index >= 15 is 0 Å². The molecule has 1 rings (SSSR count). The summed E-state index contributed by atoms with van der Waals surface area (Å²) in [6.45, 7) is 16.1. The number of ether oxygens (including phenoxy) is 1. The van der Waals surface area contributed by atoms with Crippen molar-refractivity contribution in [2.24, 2.45) is 0 Å². The predicted octanol–water partition coefficient (Wildman–Crippen LogP) is 4.93. The molecule has 0 aromatic heterocycles. The van der Waals surface area contributed by atoms with E-state index in [1.54, 1.807) is 20.8 Å². The molecule has 1 amide bonds. The van der Waals surface area contributed by atoms with E-state index in [1.165, 1.54) is 7.05 Å². The largest absolute Gasteiger partial charge is 0.544 e. The molecule has 0 spiro atoms. The van der Waals surface area contributed by atoms with Gasteiger partial charge in [-0.25, -0.2) is 9.59 Å². The fraction of sp³-hybridized carbons (Fsp3) is 0.619. The van der Waals surface area contributed by atoms with Gasteiger partial charge in [-0.3, -0.25) is 4.90 Å². The van der Waals surface area contributed by atoms with Crippen LogP contribution in [0.5, 0.6) is 5.75 Å². The molecule has 1 aromatic carbocycles. The van der Waals surface area contributed by atoms with Crippen molar-refractivity contribution in [3.8, 4) is 5.75 Å². The summed E-state index contributed by atoms with van der Waals surface area (Å²) in [6.07, 6.45) is -0.469. The summed E-state index contributed by atoms with van der Waals surface area (Å²) in [4.78, 5) is 25.1. The molecule has 158 valence electrons. The first-order chi connectivity index (χ1) is 12.5. The van der Waals surface area contributed by atoms with E-state index in [-0.39, 0.29) is 11.5 Å². The van der Waals surface area contributed by atoms with Gasteiger partial charge in [-0.2, -0.15) is 0 Å². The standard InChI is InChI=1S/C21H35NO5Si/c1-20(2,3)26-19(25)22(7)17(18(23)24)14-15-10-12-16(13-11-15)27-28(8,9)21(4,5)6/h10-13,17H,14H2,1-9H3,(H,23,24). The van der Waals surface area contributed by atoms with Crippen LogP contribution in [0, 0.1) is 0 Å². The van der Waals surface area contributed by atoms with Crippen molar-refractivity contribution in [2.75, 3.05) is 7.05 Å². The minimum Gasteiger partial charge on any atom is -0.544 e. The Morgan fingerprint density at radius 1 is 1.07 bits per heavy atom. The lowest BCUT2D eigenvalue weighted by molar-refractivity contribution is -0.142. The Hall–Kier alpha value is -2.02. The van der Waals surface area contributed by atoms with Crippen molar-refractivity contribution in [1.82, 2.24) is 4.90 Å². The Morgan fingerprint density at radius 2 is 1.57 bits per heavy atom. The number of benzene rings is 1. The Balaban J connectivity index is 2.90. The number of hydrogen-bond donors (Lipinski definition) is 1. The molecule has 0 aliphatic heterocycles. The number of amides is 1. The van der Waals surface area contributed by atoms with Gasteiger partial charge in [0.2, 0.25) is 8.32 Å². The summed E-state index contributed by atoms with van der Waals surface area (Å²) in [7, 11) is -0.486. The van der Waals surface area contributed by atoms with Crippen molar-refractivity contribution in [2.45, 2.75) is 77.7 Å². The van der Waals surface area contributed by atoms with Crippen molar-refractivity contribution in [3.63, 3.8) is 0 Å². The van der Waals surface area contributed by atoms with E-state index < -0.39 is 32.0 Å². The van der Waals surface area contributed by atoms with E-state index in [2.05, 4.69) is 33.9 Å². The highest BCUT2D eigenvalue weighted by molar-refractivity contribution is 6.74. The number of aliphatic carboxylic acids is 1. The van der Waals surface area contributed by atoms with Crippen LogP contribution in [0.1, 0.15) is 47.1 Å². The van der Waals surface area contributed by atoms with Gasteiger partial charge < -0.3 is 14.3 Å². The molecule has 6 nitrogen and oxygen atoms in total. The third-order valence-corrected chi connectivity index (χ3v) is 9.32. The number of nitrogens with zero attached hydrogens (tertiary/aromatic N) is 1. The Kier molecular flexibility index (Phi) is 7.33. The number of carboxylic acid groups (broad SMARTS) is 1. The zero-order chi connectivity index (χ0) is 21.9. The normalized spacial score (nSPS) is 13.6. The molecule has 1 atom stereocenters. The van der Waals surface area contributed by atoms with Crippen molar-refractivity contribution >= 4 is 20.4 Å². The van der Waals surface area contributed by atoms with Crippen molar-refractivity contribution in [3.05, 3.63) is 29.8 Å². The Labute approximate surface area is 170 Å². The van der Waals surface area contributed by atoms with Crippen LogP contribution in [0.15, 0.2) is 24.3 Å². The summed E-state index contributed by atoms with van der Waals surface area (Å²) in [5, 5.41) is 9.67. The summed E-state index contributed by atoms with van der Waals surface area (Å²) in [5.74, 6) is -0.294. The molecule has 1 N–H and O–H groups in total. The van der Waals surface area contributed by atoms with Gasteiger partial charge in [0.15, 0.2) is 0 Å². The highest BCUT2D eigenvalue weighted by Gasteiger charge is 2.39. The van der Waals surface area contributed by atoms with E-state index in [9.17, 15) is 14.7 Å². The number of hydrogen-bond acceptors (Lipinski definition) is 4. The topological polar surface area (TPSA) is 76.1 Å². The Bertz CT molecular complexity index is 686. The maximum Gasteiger partial charge on any atom is 0.410 e. The first-order valence-corrected chi connectivity index (χ1v) is 12.4. The van der Waals surface area contributed by atoms with Crippen LogP contribution < -0.4 is 4.43 Å². The maximum absolute atomic E-state index is 12.2. The van der Waals surface area contributed by atoms with Crippen LogP contribution in [-0.2, 0) is 16.0 Å².